The van der Waals surface area contributed by atoms with Gasteiger partial charge in [0.2, 0.25) is 0 Å². The maximum absolute atomic E-state index is 13.3. The van der Waals surface area contributed by atoms with Crippen LogP contribution >= 0.6 is 24.0 Å². The molecule has 3 aromatic rings. The van der Waals surface area contributed by atoms with Crippen LogP contribution in [0.15, 0.2) is 59.5 Å². The predicted molar refractivity (Wildman–Crippen MR) is 149 cm³/mol. The van der Waals surface area contributed by atoms with Crippen molar-refractivity contribution in [1.82, 2.24) is 9.88 Å². The average Bonchev–Trinajstić information content (AvgIpc) is 3.15. The molecule has 2 aromatic carbocycles. The molecule has 2 saturated heterocycles. The summed E-state index contributed by atoms with van der Waals surface area (Å²) in [5, 5.41) is 1.07. The molecule has 35 heavy (non-hydrogen) atoms. The molecule has 7 heteroatoms. The van der Waals surface area contributed by atoms with Crippen LogP contribution in [-0.2, 0) is 11.2 Å². The Bertz CT molecular complexity index is 1280. The fourth-order valence-corrected chi connectivity index (χ4v) is 5.87. The van der Waals surface area contributed by atoms with Gasteiger partial charge in [0.15, 0.2) is 0 Å². The van der Waals surface area contributed by atoms with Crippen molar-refractivity contribution in [3.8, 4) is 5.75 Å². The lowest BCUT2D eigenvalue weighted by atomic mass is 9.98. The van der Waals surface area contributed by atoms with E-state index < -0.39 is 0 Å². The summed E-state index contributed by atoms with van der Waals surface area (Å²) in [7, 11) is 1.66. The molecule has 2 fully saturated rings. The molecular weight excluding hydrogens is 474 g/mol. The van der Waals surface area contributed by atoms with Crippen LogP contribution < -0.4 is 9.64 Å². The van der Waals surface area contributed by atoms with Crippen LogP contribution in [0, 0.1) is 5.92 Å². The minimum Gasteiger partial charge on any atom is -0.497 e. The van der Waals surface area contributed by atoms with Crippen molar-refractivity contribution in [1.29, 1.82) is 0 Å². The highest BCUT2D eigenvalue weighted by atomic mass is 32.2. The van der Waals surface area contributed by atoms with Gasteiger partial charge in [-0.3, -0.25) is 9.69 Å². The Morgan fingerprint density at radius 1 is 1.14 bits per heavy atom. The number of hydrogen-bond acceptors (Lipinski definition) is 6. The number of para-hydroxylation sites is 1. The number of nitrogens with zero attached hydrogens (tertiary/aromatic N) is 3. The van der Waals surface area contributed by atoms with Crippen molar-refractivity contribution in [2.45, 2.75) is 26.2 Å². The van der Waals surface area contributed by atoms with Gasteiger partial charge in [-0.1, -0.05) is 61.2 Å². The number of hydrogen-bond donors (Lipinski definition) is 0. The molecule has 0 aliphatic carbocycles. The third kappa shape index (κ3) is 5.21. The lowest BCUT2D eigenvalue weighted by Crippen LogP contribution is -2.34. The van der Waals surface area contributed by atoms with Crippen molar-refractivity contribution in [2.75, 3.05) is 31.6 Å². The number of methoxy groups -OCH3 is 1. The number of aromatic nitrogens is 1. The highest BCUT2D eigenvalue weighted by molar-refractivity contribution is 8.26. The van der Waals surface area contributed by atoms with Crippen LogP contribution in [0.2, 0.25) is 0 Å². The summed E-state index contributed by atoms with van der Waals surface area (Å²) < 4.78 is 5.84. The summed E-state index contributed by atoms with van der Waals surface area (Å²) in [5.41, 5.74) is 3.10. The van der Waals surface area contributed by atoms with Crippen LogP contribution in [0.25, 0.3) is 17.0 Å². The second kappa shape index (κ2) is 10.4. The van der Waals surface area contributed by atoms with Gasteiger partial charge in [0.1, 0.15) is 15.9 Å². The molecule has 3 heterocycles. The smallest absolute Gasteiger partial charge is 0.266 e. The van der Waals surface area contributed by atoms with E-state index in [2.05, 4.69) is 24.0 Å². The molecule has 1 aromatic heterocycles. The lowest BCUT2D eigenvalue weighted by molar-refractivity contribution is -0.122. The van der Waals surface area contributed by atoms with Crippen molar-refractivity contribution in [3.05, 3.63) is 70.6 Å². The fraction of sp³-hybridized carbons (Fsp3) is 0.321. The standard InChI is InChI=1S/C28H29N3O2S2/c1-19-11-14-30(15-12-19)26-22(17-21-5-3-4-6-24(21)29-26)18-25-27(32)31(28(34)35-25)16-13-20-7-9-23(33-2)10-8-20/h3-10,17-19H,11-16H2,1-2H3/b25-18-. The van der Waals surface area contributed by atoms with Gasteiger partial charge in [0, 0.05) is 30.6 Å². The first kappa shape index (κ1) is 23.8. The number of benzene rings is 2. The number of rotatable bonds is 6. The topological polar surface area (TPSA) is 45.7 Å². The van der Waals surface area contributed by atoms with Crippen LogP contribution in [0.5, 0.6) is 5.75 Å². The Morgan fingerprint density at radius 3 is 2.63 bits per heavy atom. The summed E-state index contributed by atoms with van der Waals surface area (Å²) >= 11 is 6.98. The quantitative estimate of drug-likeness (QED) is 0.307. The number of carbonyl (C=O) groups excluding carboxylic acids is 1. The van der Waals surface area contributed by atoms with Crippen molar-refractivity contribution in [2.24, 2.45) is 5.92 Å². The molecule has 1 amide bonds. The van der Waals surface area contributed by atoms with Gasteiger partial charge in [0.05, 0.1) is 17.5 Å². The van der Waals surface area contributed by atoms with Gasteiger partial charge in [-0.15, -0.1) is 0 Å². The highest BCUT2D eigenvalue weighted by Gasteiger charge is 2.32. The Balaban J connectivity index is 1.40. The fourth-order valence-electron chi connectivity index (χ4n) is 4.57. The number of thiocarbonyl (C=S) groups is 1. The van der Waals surface area contributed by atoms with E-state index in [1.165, 1.54) is 11.8 Å². The van der Waals surface area contributed by atoms with E-state index in [1.54, 1.807) is 12.0 Å². The van der Waals surface area contributed by atoms with Crippen molar-refractivity contribution in [3.63, 3.8) is 0 Å². The number of anilines is 1. The summed E-state index contributed by atoms with van der Waals surface area (Å²) in [4.78, 5) is 23.1. The third-order valence-corrected chi connectivity index (χ3v) is 8.14. The highest BCUT2D eigenvalue weighted by Crippen LogP contribution is 2.36. The number of amides is 1. The molecule has 5 rings (SSSR count). The van der Waals surface area contributed by atoms with Crippen LogP contribution in [0.4, 0.5) is 5.82 Å². The van der Waals surface area contributed by atoms with Crippen molar-refractivity contribution >= 4 is 57.0 Å². The zero-order valence-electron chi connectivity index (χ0n) is 20.1. The molecule has 180 valence electrons. The zero-order valence-corrected chi connectivity index (χ0v) is 21.7. The summed E-state index contributed by atoms with van der Waals surface area (Å²) in [6.45, 7) is 4.83. The average molecular weight is 504 g/mol. The maximum atomic E-state index is 13.3. The summed E-state index contributed by atoms with van der Waals surface area (Å²) in [5.74, 6) is 2.49. The number of carbonyl (C=O) groups is 1. The van der Waals surface area contributed by atoms with E-state index in [-0.39, 0.29) is 5.91 Å². The molecule has 0 spiro atoms. The molecule has 0 N–H and O–H groups in total. The predicted octanol–water partition coefficient (Wildman–Crippen LogP) is 5.92. The molecule has 2 aliphatic rings. The minimum absolute atomic E-state index is 0.0279. The van der Waals surface area contributed by atoms with Crippen LogP contribution in [0.3, 0.4) is 0 Å². The monoisotopic (exact) mass is 503 g/mol. The molecule has 0 atom stereocenters. The van der Waals surface area contributed by atoms with Crippen LogP contribution in [0.1, 0.15) is 30.9 Å². The lowest BCUT2D eigenvalue weighted by Gasteiger charge is -2.32. The van der Waals surface area contributed by atoms with E-state index in [0.29, 0.717) is 15.8 Å². The SMILES string of the molecule is COc1ccc(CCN2C(=O)/C(=C/c3cc4ccccc4nc3N3CCC(C)CC3)SC2=S)cc1. The Kier molecular flexibility index (Phi) is 7.07. The summed E-state index contributed by atoms with van der Waals surface area (Å²) in [6.07, 6.45) is 5.03. The molecule has 0 unspecified atom stereocenters. The van der Waals surface area contributed by atoms with Crippen molar-refractivity contribution < 1.29 is 9.53 Å². The first-order valence-corrected chi connectivity index (χ1v) is 13.3. The van der Waals surface area contributed by atoms with Gasteiger partial charge < -0.3 is 9.64 Å². The van der Waals surface area contributed by atoms with Gasteiger partial charge in [-0.25, -0.2) is 4.98 Å². The van der Waals surface area contributed by atoms with Gasteiger partial charge in [0.25, 0.3) is 5.91 Å². The largest absolute Gasteiger partial charge is 0.497 e. The number of fused-ring (bicyclic) bond motifs is 1. The van der Waals surface area contributed by atoms with E-state index in [1.807, 2.05) is 48.5 Å². The first-order chi connectivity index (χ1) is 17.0. The molecule has 0 saturated carbocycles. The molecule has 0 bridgehead atoms. The normalized spacial score (nSPS) is 18.2. The first-order valence-electron chi connectivity index (χ1n) is 12.0. The number of pyridine rings is 1. The number of piperidine rings is 1. The Hall–Kier alpha value is -2.90. The van der Waals surface area contributed by atoms with E-state index >= 15 is 0 Å². The Labute approximate surface area is 216 Å². The summed E-state index contributed by atoms with van der Waals surface area (Å²) in [6, 6.07) is 18.2. The second-order valence-corrected chi connectivity index (χ2v) is 10.9. The zero-order chi connectivity index (χ0) is 24.4. The van der Waals surface area contributed by atoms with E-state index in [9.17, 15) is 4.79 Å². The number of thioether (sulfide) groups is 1. The Morgan fingerprint density at radius 2 is 1.89 bits per heavy atom. The molecule has 0 radical (unpaired) electrons. The molecular formula is C28H29N3O2S2. The van der Waals surface area contributed by atoms with E-state index in [0.717, 1.165) is 71.9 Å². The molecule has 5 nitrogen and oxygen atoms in total. The van der Waals surface area contributed by atoms with Gasteiger partial charge >= 0.3 is 0 Å². The van der Waals surface area contributed by atoms with E-state index in [4.69, 9.17) is 21.9 Å². The number of ether oxygens (including phenoxy) is 1. The third-order valence-electron chi connectivity index (χ3n) is 6.76. The minimum atomic E-state index is -0.0279. The van der Waals surface area contributed by atoms with Gasteiger partial charge in [-0.2, -0.15) is 0 Å². The van der Waals surface area contributed by atoms with Gasteiger partial charge in [-0.05, 0) is 61.1 Å². The second-order valence-electron chi connectivity index (χ2n) is 9.19. The molecule has 2 aliphatic heterocycles. The van der Waals surface area contributed by atoms with Crippen LogP contribution in [-0.4, -0.2) is 46.9 Å². The maximum Gasteiger partial charge on any atom is 0.266 e.